The molecular formula is C16H23F3. The second-order valence-electron chi connectivity index (χ2n) is 7.21. The molecule has 19 heavy (non-hydrogen) atoms. The smallest absolute Gasteiger partial charge is 0.166 e. The summed E-state index contributed by atoms with van der Waals surface area (Å²) in [5.41, 5.74) is 1.06. The first-order valence-corrected chi connectivity index (χ1v) is 6.47. The quantitative estimate of drug-likeness (QED) is 0.576. The zero-order valence-corrected chi connectivity index (χ0v) is 12.8. The van der Waals surface area contributed by atoms with Crippen LogP contribution in [0.5, 0.6) is 0 Å². The van der Waals surface area contributed by atoms with Gasteiger partial charge in [-0.3, -0.25) is 0 Å². The molecule has 0 radical (unpaired) electrons. The highest BCUT2D eigenvalue weighted by Gasteiger charge is 2.35. The predicted octanol–water partition coefficient (Wildman–Crippen LogP) is 5.61. The molecule has 108 valence electrons. The van der Waals surface area contributed by atoms with Crippen LogP contribution in [0.4, 0.5) is 13.2 Å². The van der Waals surface area contributed by atoms with Gasteiger partial charge < -0.3 is 0 Å². The maximum absolute atomic E-state index is 13.0. The molecule has 0 saturated carbocycles. The molecule has 0 aliphatic carbocycles. The Morgan fingerprint density at radius 1 is 0.684 bits per heavy atom. The summed E-state index contributed by atoms with van der Waals surface area (Å²) < 4.78 is 39.1. The van der Waals surface area contributed by atoms with Gasteiger partial charge in [0.25, 0.3) is 0 Å². The Kier molecular flexibility index (Phi) is 3.83. The van der Waals surface area contributed by atoms with E-state index in [1.54, 1.807) is 6.07 Å². The Labute approximate surface area is 114 Å². The molecule has 0 saturated heterocycles. The fourth-order valence-corrected chi connectivity index (χ4v) is 2.25. The van der Waals surface area contributed by atoms with Gasteiger partial charge in [-0.25, -0.2) is 0 Å². The lowest BCUT2D eigenvalue weighted by Gasteiger charge is -2.31. The van der Waals surface area contributed by atoms with Crippen LogP contribution in [0.15, 0.2) is 12.1 Å². The van der Waals surface area contributed by atoms with E-state index in [1.165, 1.54) is 13.0 Å². The van der Waals surface area contributed by atoms with Crippen molar-refractivity contribution >= 4 is 0 Å². The summed E-state index contributed by atoms with van der Waals surface area (Å²) in [5.74, 6) is 0. The molecule has 0 fully saturated rings. The fraction of sp³-hybridized carbons (Fsp3) is 0.625. The lowest BCUT2D eigenvalue weighted by Crippen LogP contribution is -2.24. The Balaban J connectivity index is 3.66. The van der Waals surface area contributed by atoms with Crippen LogP contribution >= 0.6 is 0 Å². The molecule has 0 aliphatic rings. The van der Waals surface area contributed by atoms with Gasteiger partial charge in [0, 0.05) is 0 Å². The number of aryl methyl sites for hydroxylation is 1. The highest BCUT2D eigenvalue weighted by atomic mass is 19.4. The van der Waals surface area contributed by atoms with Crippen molar-refractivity contribution in [3.8, 4) is 0 Å². The van der Waals surface area contributed by atoms with Crippen LogP contribution in [-0.2, 0) is 17.0 Å². The first-order valence-electron chi connectivity index (χ1n) is 6.47. The Morgan fingerprint density at radius 2 is 1.05 bits per heavy atom. The van der Waals surface area contributed by atoms with Gasteiger partial charge >= 0.3 is 6.18 Å². The van der Waals surface area contributed by atoms with E-state index in [4.69, 9.17) is 0 Å². The van der Waals surface area contributed by atoms with Gasteiger partial charge in [0.2, 0.25) is 0 Å². The molecule has 1 aromatic rings. The van der Waals surface area contributed by atoms with Crippen LogP contribution in [0, 0.1) is 6.92 Å². The van der Waals surface area contributed by atoms with Crippen LogP contribution < -0.4 is 0 Å². The van der Waals surface area contributed by atoms with E-state index >= 15 is 0 Å². The average molecular weight is 272 g/mol. The average Bonchev–Trinajstić information content (AvgIpc) is 2.11. The normalized spacial score (nSPS) is 13.8. The lowest BCUT2D eigenvalue weighted by atomic mass is 9.74. The summed E-state index contributed by atoms with van der Waals surface area (Å²) >= 11 is 0. The van der Waals surface area contributed by atoms with E-state index in [9.17, 15) is 13.2 Å². The highest BCUT2D eigenvalue weighted by Crippen LogP contribution is 2.40. The van der Waals surface area contributed by atoms with Crippen molar-refractivity contribution in [2.45, 2.75) is 65.5 Å². The largest absolute Gasteiger partial charge is 0.416 e. The standard InChI is InChI=1S/C16H23F3/c1-10-8-12(14(2,3)4)13(15(5,6)7)9-11(10)16(17,18)19/h8-9H,1-7H3. The van der Waals surface area contributed by atoms with Crippen molar-refractivity contribution in [2.24, 2.45) is 0 Å². The van der Waals surface area contributed by atoms with Crippen molar-refractivity contribution in [2.75, 3.05) is 0 Å². The summed E-state index contributed by atoms with van der Waals surface area (Å²) in [6, 6.07) is 3.03. The Bertz CT molecular complexity index is 468. The van der Waals surface area contributed by atoms with Gasteiger partial charge in [0.05, 0.1) is 5.56 Å². The minimum atomic E-state index is -4.29. The van der Waals surface area contributed by atoms with Crippen LogP contribution in [-0.4, -0.2) is 0 Å². The number of hydrogen-bond donors (Lipinski definition) is 0. The summed E-state index contributed by atoms with van der Waals surface area (Å²) in [7, 11) is 0. The van der Waals surface area contributed by atoms with Gasteiger partial charge in [-0.2, -0.15) is 13.2 Å². The Hall–Kier alpha value is -0.990. The molecule has 0 N–H and O–H groups in total. The van der Waals surface area contributed by atoms with Gasteiger partial charge in [-0.05, 0) is 40.5 Å². The Morgan fingerprint density at radius 3 is 1.37 bits per heavy atom. The zero-order valence-electron chi connectivity index (χ0n) is 12.8. The van der Waals surface area contributed by atoms with Gasteiger partial charge in [0.15, 0.2) is 0 Å². The SMILES string of the molecule is Cc1cc(C(C)(C)C)c(C(C)(C)C)cc1C(F)(F)F. The van der Waals surface area contributed by atoms with Crippen molar-refractivity contribution in [3.63, 3.8) is 0 Å². The highest BCUT2D eigenvalue weighted by molar-refractivity contribution is 5.45. The molecule has 0 atom stereocenters. The summed E-state index contributed by atoms with van der Waals surface area (Å²) in [4.78, 5) is 0. The van der Waals surface area contributed by atoms with Crippen LogP contribution in [0.1, 0.15) is 63.8 Å². The van der Waals surface area contributed by atoms with Crippen molar-refractivity contribution in [3.05, 3.63) is 34.4 Å². The molecule has 0 aromatic heterocycles. The van der Waals surface area contributed by atoms with Crippen LogP contribution in [0.2, 0.25) is 0 Å². The summed E-state index contributed by atoms with van der Waals surface area (Å²) in [6.07, 6.45) is -4.29. The number of rotatable bonds is 0. The third kappa shape index (κ3) is 3.52. The van der Waals surface area contributed by atoms with Gasteiger partial charge in [-0.15, -0.1) is 0 Å². The predicted molar refractivity (Wildman–Crippen MR) is 73.6 cm³/mol. The fourth-order valence-electron chi connectivity index (χ4n) is 2.25. The molecule has 0 bridgehead atoms. The van der Waals surface area contributed by atoms with Gasteiger partial charge in [0.1, 0.15) is 0 Å². The van der Waals surface area contributed by atoms with Crippen LogP contribution in [0.3, 0.4) is 0 Å². The monoisotopic (exact) mass is 272 g/mol. The molecule has 0 heterocycles. The number of alkyl halides is 3. The van der Waals surface area contributed by atoms with Crippen molar-refractivity contribution < 1.29 is 13.2 Å². The molecule has 0 spiro atoms. The van der Waals surface area contributed by atoms with E-state index in [-0.39, 0.29) is 10.8 Å². The van der Waals surface area contributed by atoms with Gasteiger partial charge in [-0.1, -0.05) is 47.6 Å². The molecule has 0 amide bonds. The van der Waals surface area contributed by atoms with E-state index < -0.39 is 11.7 Å². The van der Waals surface area contributed by atoms with E-state index in [2.05, 4.69) is 0 Å². The topological polar surface area (TPSA) is 0 Å². The summed E-state index contributed by atoms with van der Waals surface area (Å²) in [6.45, 7) is 13.5. The lowest BCUT2D eigenvalue weighted by molar-refractivity contribution is -0.138. The maximum atomic E-state index is 13.0. The molecular weight excluding hydrogens is 249 g/mol. The second kappa shape index (κ2) is 4.53. The van der Waals surface area contributed by atoms with E-state index in [0.29, 0.717) is 5.56 Å². The first-order chi connectivity index (χ1) is 8.24. The third-order valence-corrected chi connectivity index (χ3v) is 3.29. The molecule has 0 unspecified atom stereocenters. The zero-order chi connectivity index (χ0) is 15.2. The molecule has 1 aromatic carbocycles. The number of benzene rings is 1. The van der Waals surface area contributed by atoms with E-state index in [1.807, 2.05) is 41.5 Å². The summed E-state index contributed by atoms with van der Waals surface area (Å²) in [5, 5.41) is 0. The minimum Gasteiger partial charge on any atom is -0.166 e. The maximum Gasteiger partial charge on any atom is 0.416 e. The van der Waals surface area contributed by atoms with Crippen molar-refractivity contribution in [1.82, 2.24) is 0 Å². The minimum absolute atomic E-state index is 0.169. The third-order valence-electron chi connectivity index (χ3n) is 3.29. The first kappa shape index (κ1) is 16.1. The number of halogens is 3. The van der Waals surface area contributed by atoms with Crippen molar-refractivity contribution in [1.29, 1.82) is 0 Å². The molecule has 0 nitrogen and oxygen atoms in total. The molecule has 0 aliphatic heterocycles. The molecule has 3 heteroatoms. The number of hydrogen-bond acceptors (Lipinski definition) is 0. The second-order valence-corrected chi connectivity index (χ2v) is 7.21. The van der Waals surface area contributed by atoms with Crippen LogP contribution in [0.25, 0.3) is 0 Å². The molecule has 1 rings (SSSR count). The van der Waals surface area contributed by atoms with E-state index in [0.717, 1.165) is 11.1 Å².